The molecule has 2 atom stereocenters. The summed E-state index contributed by atoms with van der Waals surface area (Å²) in [6, 6.07) is 7.12. The van der Waals surface area contributed by atoms with Gasteiger partial charge in [0.2, 0.25) is 0 Å². The SMILES string of the molecule is BrCC(Br)COCC(Br)CBr.CC(C)(c1ccc(O)cc1)c1c(Br)c(Br)c(O)c(Br)c1Br. The average Bonchev–Trinajstić information content (AvgIpc) is 2.76. The van der Waals surface area contributed by atoms with Crippen molar-refractivity contribution in [2.24, 2.45) is 0 Å². The Labute approximate surface area is 256 Å². The topological polar surface area (TPSA) is 49.7 Å². The molecular formula is C21H22Br8O3. The summed E-state index contributed by atoms with van der Waals surface area (Å²) in [6.45, 7) is 5.67. The molecule has 32 heavy (non-hydrogen) atoms. The van der Waals surface area contributed by atoms with E-state index >= 15 is 0 Å². The predicted molar refractivity (Wildman–Crippen MR) is 163 cm³/mol. The summed E-state index contributed by atoms with van der Waals surface area (Å²) in [5.41, 5.74) is 1.69. The van der Waals surface area contributed by atoms with Crippen LogP contribution < -0.4 is 0 Å². The summed E-state index contributed by atoms with van der Waals surface area (Å²) in [7, 11) is 0. The Kier molecular flexibility index (Phi) is 15.1. The van der Waals surface area contributed by atoms with E-state index < -0.39 is 0 Å². The van der Waals surface area contributed by atoms with Crippen LogP contribution in [-0.4, -0.2) is 43.7 Å². The summed E-state index contributed by atoms with van der Waals surface area (Å²) < 4.78 is 8.15. The lowest BCUT2D eigenvalue weighted by Crippen LogP contribution is -2.20. The van der Waals surface area contributed by atoms with Crippen LogP contribution in [0.15, 0.2) is 42.2 Å². The Morgan fingerprint density at radius 1 is 0.781 bits per heavy atom. The van der Waals surface area contributed by atoms with Gasteiger partial charge in [0, 0.05) is 34.7 Å². The summed E-state index contributed by atoms with van der Waals surface area (Å²) in [5.74, 6) is 0.375. The number of halogens is 8. The zero-order valence-corrected chi connectivity index (χ0v) is 29.8. The maximum absolute atomic E-state index is 10.1. The number of aromatic hydroxyl groups is 2. The molecule has 0 spiro atoms. The van der Waals surface area contributed by atoms with Crippen molar-refractivity contribution < 1.29 is 14.9 Å². The van der Waals surface area contributed by atoms with Crippen molar-refractivity contribution in [2.45, 2.75) is 28.9 Å². The molecule has 0 aromatic heterocycles. The standard InChI is InChI=1S/C15H12Br4O2.C6H10Br4O/c1-15(2,7-3-5-8(20)6-4-7)9-10(16)12(18)14(21)13(19)11(9)17;7-1-5(9)3-11-4-6(10)2-8/h3-6,20-21H,1-2H3;5-6H,1-4H2. The zero-order valence-electron chi connectivity index (χ0n) is 17.1. The smallest absolute Gasteiger partial charge is 0.146 e. The van der Waals surface area contributed by atoms with E-state index in [2.05, 4.69) is 141 Å². The van der Waals surface area contributed by atoms with Gasteiger partial charge in [0.15, 0.2) is 0 Å². The molecular weight excluding hydrogens is 939 g/mol. The van der Waals surface area contributed by atoms with Crippen LogP contribution >= 0.6 is 127 Å². The van der Waals surface area contributed by atoms with Crippen molar-refractivity contribution in [1.29, 1.82) is 0 Å². The van der Waals surface area contributed by atoms with Crippen LogP contribution in [0.5, 0.6) is 11.5 Å². The van der Waals surface area contributed by atoms with Crippen molar-refractivity contribution in [2.75, 3.05) is 23.9 Å². The van der Waals surface area contributed by atoms with Crippen molar-refractivity contribution in [3.63, 3.8) is 0 Å². The lowest BCUT2D eigenvalue weighted by Gasteiger charge is -2.30. The molecule has 0 amide bonds. The molecule has 0 aliphatic rings. The highest BCUT2D eigenvalue weighted by molar-refractivity contribution is 9.14. The zero-order chi connectivity index (χ0) is 24.6. The Balaban J connectivity index is 0.000000396. The highest BCUT2D eigenvalue weighted by Gasteiger charge is 2.31. The van der Waals surface area contributed by atoms with Crippen molar-refractivity contribution in [3.05, 3.63) is 53.3 Å². The van der Waals surface area contributed by atoms with Gasteiger partial charge in [-0.3, -0.25) is 0 Å². The molecule has 3 nitrogen and oxygen atoms in total. The number of rotatable bonds is 8. The molecule has 180 valence electrons. The molecule has 2 aromatic rings. The van der Waals surface area contributed by atoms with E-state index in [4.69, 9.17) is 4.74 Å². The second kappa shape index (κ2) is 15.2. The van der Waals surface area contributed by atoms with Gasteiger partial charge in [0.05, 0.1) is 22.2 Å². The van der Waals surface area contributed by atoms with Gasteiger partial charge in [-0.25, -0.2) is 0 Å². The maximum atomic E-state index is 10.1. The highest BCUT2D eigenvalue weighted by atomic mass is 79.9. The molecule has 2 unspecified atom stereocenters. The normalized spacial score (nSPS) is 13.3. The summed E-state index contributed by atoms with van der Waals surface area (Å²) >= 11 is 27.5. The van der Waals surface area contributed by atoms with Gasteiger partial charge < -0.3 is 14.9 Å². The number of hydrogen-bond acceptors (Lipinski definition) is 3. The molecule has 2 rings (SSSR count). The lowest BCUT2D eigenvalue weighted by atomic mass is 9.78. The predicted octanol–water partition coefficient (Wildman–Crippen LogP) is 9.79. The highest BCUT2D eigenvalue weighted by Crippen LogP contribution is 2.51. The fraction of sp³-hybridized carbons (Fsp3) is 0.429. The first-order valence-corrected chi connectivity index (χ1v) is 16.5. The van der Waals surface area contributed by atoms with E-state index in [0.29, 0.717) is 18.6 Å². The summed E-state index contributed by atoms with van der Waals surface area (Å²) in [6.07, 6.45) is 0. The van der Waals surface area contributed by atoms with Crippen molar-refractivity contribution in [1.82, 2.24) is 0 Å². The Hall–Kier alpha value is 1.84. The van der Waals surface area contributed by atoms with Crippen LogP contribution in [0, 0.1) is 0 Å². The van der Waals surface area contributed by atoms with E-state index in [-0.39, 0.29) is 16.9 Å². The molecule has 0 heterocycles. The fourth-order valence-corrected chi connectivity index (χ4v) is 6.44. The largest absolute Gasteiger partial charge is 0.508 e. The second-order valence-electron chi connectivity index (χ2n) is 7.19. The van der Waals surface area contributed by atoms with Crippen LogP contribution in [0.25, 0.3) is 0 Å². The Morgan fingerprint density at radius 2 is 1.19 bits per heavy atom. The summed E-state index contributed by atoms with van der Waals surface area (Å²) in [5, 5.41) is 21.4. The molecule has 2 N–H and O–H groups in total. The van der Waals surface area contributed by atoms with Gasteiger partial charge in [0.1, 0.15) is 11.5 Å². The van der Waals surface area contributed by atoms with Gasteiger partial charge in [0.25, 0.3) is 0 Å². The Morgan fingerprint density at radius 3 is 1.56 bits per heavy atom. The van der Waals surface area contributed by atoms with E-state index in [0.717, 1.165) is 43.9 Å². The first kappa shape index (κ1) is 31.9. The molecule has 0 aliphatic carbocycles. The first-order valence-electron chi connectivity index (χ1n) is 9.21. The number of benzene rings is 2. The van der Waals surface area contributed by atoms with E-state index in [9.17, 15) is 10.2 Å². The molecule has 0 radical (unpaired) electrons. The average molecular weight is 962 g/mol. The van der Waals surface area contributed by atoms with Gasteiger partial charge in [-0.15, -0.1) is 0 Å². The van der Waals surface area contributed by atoms with E-state index in [1.54, 1.807) is 12.1 Å². The van der Waals surface area contributed by atoms with Crippen LogP contribution in [0.4, 0.5) is 0 Å². The first-order chi connectivity index (χ1) is 14.9. The Bertz CT molecular complexity index is 835. The fourth-order valence-electron chi connectivity index (χ4n) is 2.60. The van der Waals surface area contributed by atoms with Crippen molar-refractivity contribution in [3.8, 4) is 11.5 Å². The number of hydrogen-bond donors (Lipinski definition) is 2. The molecule has 0 saturated carbocycles. The third-order valence-corrected chi connectivity index (χ3v) is 13.1. The van der Waals surface area contributed by atoms with E-state index in [1.165, 1.54) is 0 Å². The van der Waals surface area contributed by atoms with Crippen LogP contribution in [0.2, 0.25) is 0 Å². The minimum Gasteiger partial charge on any atom is -0.508 e. The monoisotopic (exact) mass is 954 g/mol. The van der Waals surface area contributed by atoms with E-state index in [1.807, 2.05) is 12.1 Å². The van der Waals surface area contributed by atoms with Crippen LogP contribution in [0.3, 0.4) is 0 Å². The van der Waals surface area contributed by atoms with Gasteiger partial charge in [-0.2, -0.15) is 0 Å². The van der Waals surface area contributed by atoms with Crippen LogP contribution in [0.1, 0.15) is 25.0 Å². The maximum Gasteiger partial charge on any atom is 0.146 e. The molecule has 0 bridgehead atoms. The summed E-state index contributed by atoms with van der Waals surface area (Å²) in [4.78, 5) is 0.829. The third-order valence-electron chi connectivity index (χ3n) is 4.39. The minimum atomic E-state index is -0.343. The molecule has 11 heteroatoms. The number of phenolic OH excluding ortho intramolecular Hbond substituents is 2. The number of ether oxygens (including phenoxy) is 1. The van der Waals surface area contributed by atoms with Gasteiger partial charge in [-0.05, 0) is 87.0 Å². The molecule has 0 fully saturated rings. The number of phenols is 2. The molecule has 2 aromatic carbocycles. The quantitative estimate of drug-likeness (QED) is 0.205. The van der Waals surface area contributed by atoms with Gasteiger partial charge >= 0.3 is 0 Å². The second-order valence-corrected chi connectivity index (χ2v) is 14.2. The van der Waals surface area contributed by atoms with Crippen LogP contribution in [-0.2, 0) is 10.2 Å². The van der Waals surface area contributed by atoms with Crippen molar-refractivity contribution >= 4 is 127 Å². The minimum absolute atomic E-state index is 0.138. The van der Waals surface area contributed by atoms with Gasteiger partial charge in [-0.1, -0.05) is 89.7 Å². The lowest BCUT2D eigenvalue weighted by molar-refractivity contribution is 0.145. The molecule has 0 aliphatic heterocycles. The molecule has 0 saturated heterocycles. The number of alkyl halides is 4. The third kappa shape index (κ3) is 9.05.